The normalized spacial score (nSPS) is 19.2. The molecule has 1 aliphatic carbocycles. The number of hydrogen-bond acceptors (Lipinski definition) is 2. The Balaban J connectivity index is 2.08. The van der Waals surface area contributed by atoms with Gasteiger partial charge in [0.15, 0.2) is 0 Å². The molecule has 0 heterocycles. The van der Waals surface area contributed by atoms with E-state index in [9.17, 15) is 5.11 Å². The highest BCUT2D eigenvalue weighted by Crippen LogP contribution is 2.32. The maximum Gasteiger partial charge on any atom is 0.119 e. The predicted molar refractivity (Wildman–Crippen MR) is 64.7 cm³/mol. The fourth-order valence-electron chi connectivity index (χ4n) is 2.18. The molecule has 2 rings (SSSR count). The van der Waals surface area contributed by atoms with Gasteiger partial charge in [0.2, 0.25) is 0 Å². The van der Waals surface area contributed by atoms with Crippen LogP contribution in [0, 0.1) is 0 Å². The van der Waals surface area contributed by atoms with Crippen LogP contribution in [0.2, 0.25) is 0 Å². The molecular weight excluding hydrogens is 200 g/mol. The number of rotatable bonds is 4. The van der Waals surface area contributed by atoms with Gasteiger partial charge < -0.3 is 9.84 Å². The maximum absolute atomic E-state index is 9.90. The zero-order valence-electron chi connectivity index (χ0n) is 9.91. The summed E-state index contributed by atoms with van der Waals surface area (Å²) in [6, 6.07) is 6.13. The monoisotopic (exact) mass is 220 g/mol. The van der Waals surface area contributed by atoms with Gasteiger partial charge in [0.05, 0.1) is 12.7 Å². The number of aliphatic hydroxyl groups is 1. The number of benzene rings is 1. The van der Waals surface area contributed by atoms with E-state index in [0.717, 1.165) is 50.0 Å². The molecule has 0 aliphatic heterocycles. The molecule has 1 aromatic carbocycles. The Morgan fingerprint density at radius 2 is 2.31 bits per heavy atom. The standard InChI is InChI=1S/C14H20O2/c1-2-3-9-16-12-8-7-11-5-4-6-14(15)13(11)10-12/h7-8,10,14-15H,2-6,9H2,1H3/t14-/m0/s1. The molecule has 1 N–H and O–H groups in total. The van der Waals surface area contributed by atoms with E-state index in [4.69, 9.17) is 4.74 Å². The summed E-state index contributed by atoms with van der Waals surface area (Å²) in [5.41, 5.74) is 2.35. The topological polar surface area (TPSA) is 29.5 Å². The summed E-state index contributed by atoms with van der Waals surface area (Å²) in [6.07, 6.45) is 4.99. The average Bonchev–Trinajstić information content (AvgIpc) is 2.30. The van der Waals surface area contributed by atoms with Crippen LogP contribution in [0.25, 0.3) is 0 Å². The van der Waals surface area contributed by atoms with Crippen molar-refractivity contribution in [2.75, 3.05) is 6.61 Å². The molecule has 0 unspecified atom stereocenters. The summed E-state index contributed by atoms with van der Waals surface area (Å²) < 4.78 is 5.65. The van der Waals surface area contributed by atoms with Crippen LogP contribution in [0.15, 0.2) is 18.2 Å². The van der Waals surface area contributed by atoms with Gasteiger partial charge in [-0.15, -0.1) is 0 Å². The van der Waals surface area contributed by atoms with Crippen LogP contribution in [-0.4, -0.2) is 11.7 Å². The Morgan fingerprint density at radius 3 is 3.12 bits per heavy atom. The summed E-state index contributed by atoms with van der Waals surface area (Å²) in [5.74, 6) is 0.896. The minimum absolute atomic E-state index is 0.293. The number of hydrogen-bond donors (Lipinski definition) is 1. The third-order valence-corrected chi connectivity index (χ3v) is 3.17. The van der Waals surface area contributed by atoms with Crippen LogP contribution in [-0.2, 0) is 6.42 Å². The Kier molecular flexibility index (Phi) is 3.83. The maximum atomic E-state index is 9.90. The van der Waals surface area contributed by atoms with Crippen molar-refractivity contribution in [3.63, 3.8) is 0 Å². The lowest BCUT2D eigenvalue weighted by molar-refractivity contribution is 0.156. The van der Waals surface area contributed by atoms with Crippen molar-refractivity contribution in [2.45, 2.75) is 45.1 Å². The molecule has 0 spiro atoms. The van der Waals surface area contributed by atoms with E-state index in [1.54, 1.807) is 0 Å². The Morgan fingerprint density at radius 1 is 1.44 bits per heavy atom. The quantitative estimate of drug-likeness (QED) is 0.789. The number of unbranched alkanes of at least 4 members (excludes halogenated alkanes) is 1. The van der Waals surface area contributed by atoms with Crippen LogP contribution < -0.4 is 4.74 Å². The lowest BCUT2D eigenvalue weighted by Gasteiger charge is -2.21. The molecule has 0 aromatic heterocycles. The number of fused-ring (bicyclic) bond motifs is 1. The number of aliphatic hydroxyl groups excluding tert-OH is 1. The summed E-state index contributed by atoms with van der Waals surface area (Å²) in [6.45, 7) is 2.92. The molecule has 0 fully saturated rings. The molecule has 1 aromatic rings. The van der Waals surface area contributed by atoms with Crippen molar-refractivity contribution in [1.29, 1.82) is 0 Å². The molecular formula is C14H20O2. The third kappa shape index (κ3) is 2.56. The van der Waals surface area contributed by atoms with Crippen molar-refractivity contribution in [2.24, 2.45) is 0 Å². The van der Waals surface area contributed by atoms with Crippen molar-refractivity contribution in [1.82, 2.24) is 0 Å². The van der Waals surface area contributed by atoms with Crippen LogP contribution in [0.1, 0.15) is 49.8 Å². The molecule has 0 saturated heterocycles. The van der Waals surface area contributed by atoms with E-state index in [-0.39, 0.29) is 6.10 Å². The van der Waals surface area contributed by atoms with Gasteiger partial charge in [0, 0.05) is 0 Å². The minimum Gasteiger partial charge on any atom is -0.494 e. The van der Waals surface area contributed by atoms with Gasteiger partial charge in [-0.2, -0.15) is 0 Å². The van der Waals surface area contributed by atoms with Gasteiger partial charge in [0.25, 0.3) is 0 Å². The second kappa shape index (κ2) is 5.35. The first kappa shape index (κ1) is 11.5. The van der Waals surface area contributed by atoms with Crippen LogP contribution in [0.3, 0.4) is 0 Å². The summed E-state index contributed by atoms with van der Waals surface area (Å²) in [4.78, 5) is 0. The number of aryl methyl sites for hydroxylation is 1. The van der Waals surface area contributed by atoms with Crippen molar-refractivity contribution in [3.8, 4) is 5.75 Å². The van der Waals surface area contributed by atoms with Gasteiger partial charge in [-0.1, -0.05) is 19.4 Å². The predicted octanol–water partition coefficient (Wildman–Crippen LogP) is 3.24. The molecule has 88 valence electrons. The van der Waals surface area contributed by atoms with E-state index >= 15 is 0 Å². The van der Waals surface area contributed by atoms with Crippen molar-refractivity contribution >= 4 is 0 Å². The smallest absolute Gasteiger partial charge is 0.119 e. The molecule has 0 amide bonds. The Bertz CT molecular complexity index is 347. The van der Waals surface area contributed by atoms with Gasteiger partial charge in [-0.05, 0) is 48.9 Å². The first-order valence-corrected chi connectivity index (χ1v) is 6.25. The number of ether oxygens (including phenoxy) is 1. The highest BCUT2D eigenvalue weighted by atomic mass is 16.5. The van der Waals surface area contributed by atoms with E-state index in [1.165, 1.54) is 5.56 Å². The average molecular weight is 220 g/mol. The fourth-order valence-corrected chi connectivity index (χ4v) is 2.18. The van der Waals surface area contributed by atoms with Gasteiger partial charge in [-0.3, -0.25) is 0 Å². The highest BCUT2D eigenvalue weighted by Gasteiger charge is 2.18. The lowest BCUT2D eigenvalue weighted by atomic mass is 9.89. The zero-order chi connectivity index (χ0) is 11.4. The van der Waals surface area contributed by atoms with Crippen LogP contribution >= 0.6 is 0 Å². The molecule has 0 bridgehead atoms. The van der Waals surface area contributed by atoms with Crippen molar-refractivity contribution < 1.29 is 9.84 Å². The second-order valence-corrected chi connectivity index (χ2v) is 4.47. The summed E-state index contributed by atoms with van der Waals surface area (Å²) >= 11 is 0. The SMILES string of the molecule is CCCCOc1ccc2c(c1)[C@@H](O)CCC2. The fraction of sp³-hybridized carbons (Fsp3) is 0.571. The van der Waals surface area contributed by atoms with Gasteiger partial charge in [0.1, 0.15) is 5.75 Å². The first-order valence-electron chi connectivity index (χ1n) is 6.25. The molecule has 1 aliphatic rings. The summed E-state index contributed by atoms with van der Waals surface area (Å²) in [7, 11) is 0. The minimum atomic E-state index is -0.293. The second-order valence-electron chi connectivity index (χ2n) is 4.47. The van der Waals surface area contributed by atoms with E-state index in [0.29, 0.717) is 0 Å². The van der Waals surface area contributed by atoms with Gasteiger partial charge in [-0.25, -0.2) is 0 Å². The lowest BCUT2D eigenvalue weighted by Crippen LogP contribution is -2.09. The van der Waals surface area contributed by atoms with Crippen LogP contribution in [0.4, 0.5) is 0 Å². The van der Waals surface area contributed by atoms with E-state index < -0.39 is 0 Å². The van der Waals surface area contributed by atoms with E-state index in [2.05, 4.69) is 13.0 Å². The third-order valence-electron chi connectivity index (χ3n) is 3.17. The zero-order valence-corrected chi connectivity index (χ0v) is 9.91. The van der Waals surface area contributed by atoms with Crippen molar-refractivity contribution in [3.05, 3.63) is 29.3 Å². The molecule has 0 saturated carbocycles. The summed E-state index contributed by atoms with van der Waals surface area (Å²) in [5, 5.41) is 9.90. The molecule has 0 radical (unpaired) electrons. The Labute approximate surface area is 97.3 Å². The molecule has 2 nitrogen and oxygen atoms in total. The molecule has 16 heavy (non-hydrogen) atoms. The molecule has 1 atom stereocenters. The van der Waals surface area contributed by atoms with Gasteiger partial charge >= 0.3 is 0 Å². The van der Waals surface area contributed by atoms with E-state index in [1.807, 2.05) is 12.1 Å². The molecule has 2 heteroatoms. The Hall–Kier alpha value is -1.02. The highest BCUT2D eigenvalue weighted by molar-refractivity contribution is 5.38. The van der Waals surface area contributed by atoms with Crippen LogP contribution in [0.5, 0.6) is 5.75 Å². The largest absolute Gasteiger partial charge is 0.494 e. The first-order chi connectivity index (χ1) is 7.81.